The Bertz CT molecular complexity index is 1150. The molecule has 1 aliphatic carbocycles. The van der Waals surface area contributed by atoms with Crippen LogP contribution in [0, 0.1) is 22.7 Å². The third kappa shape index (κ3) is 6.85. The Labute approximate surface area is 205 Å². The Morgan fingerprint density at radius 1 is 0.771 bits per heavy atom. The predicted molar refractivity (Wildman–Crippen MR) is 132 cm³/mol. The van der Waals surface area contributed by atoms with Gasteiger partial charge in [-0.05, 0) is 60.4 Å². The molecule has 1 fully saturated rings. The zero-order chi connectivity index (χ0) is 24.5. The van der Waals surface area contributed by atoms with Crippen LogP contribution in [-0.4, -0.2) is 11.9 Å². The highest BCUT2D eigenvalue weighted by molar-refractivity contribution is 5.95. The molecule has 1 amide bonds. The minimum Gasteiger partial charge on any atom is -0.489 e. The topological polar surface area (TPSA) is 95.1 Å². The van der Waals surface area contributed by atoms with Gasteiger partial charge in [0.05, 0.1) is 23.3 Å². The maximum atomic E-state index is 13.0. The Hall–Kier alpha value is -4.29. The van der Waals surface area contributed by atoms with Crippen LogP contribution in [0.25, 0.3) is 0 Å². The molecule has 6 nitrogen and oxygen atoms in total. The van der Waals surface area contributed by atoms with Gasteiger partial charge in [-0.1, -0.05) is 43.5 Å². The van der Waals surface area contributed by atoms with Gasteiger partial charge in [-0.25, -0.2) is 0 Å². The van der Waals surface area contributed by atoms with Crippen molar-refractivity contribution >= 4 is 5.91 Å². The highest BCUT2D eigenvalue weighted by Gasteiger charge is 2.18. The fourth-order valence-electron chi connectivity index (χ4n) is 4.07. The van der Waals surface area contributed by atoms with E-state index in [1.807, 2.05) is 24.3 Å². The highest BCUT2D eigenvalue weighted by Crippen LogP contribution is 2.26. The lowest BCUT2D eigenvalue weighted by Gasteiger charge is -2.23. The van der Waals surface area contributed by atoms with Crippen molar-refractivity contribution < 1.29 is 14.3 Å². The van der Waals surface area contributed by atoms with E-state index in [1.165, 1.54) is 6.42 Å². The van der Waals surface area contributed by atoms with Crippen molar-refractivity contribution in [3.05, 3.63) is 94.5 Å². The van der Waals surface area contributed by atoms with Crippen molar-refractivity contribution in [2.75, 3.05) is 0 Å². The Kier molecular flexibility index (Phi) is 7.99. The van der Waals surface area contributed by atoms with Crippen molar-refractivity contribution in [3.63, 3.8) is 0 Å². The molecule has 0 atom stereocenters. The van der Waals surface area contributed by atoms with Crippen LogP contribution in [0.1, 0.15) is 64.7 Å². The first-order valence-corrected chi connectivity index (χ1v) is 11.8. The van der Waals surface area contributed by atoms with Crippen molar-refractivity contribution in [2.24, 2.45) is 0 Å². The lowest BCUT2D eigenvalue weighted by Crippen LogP contribution is -2.36. The molecule has 4 rings (SSSR count). The van der Waals surface area contributed by atoms with Crippen LogP contribution in [0.3, 0.4) is 0 Å². The number of amides is 1. The first-order chi connectivity index (χ1) is 17.1. The highest BCUT2D eigenvalue weighted by atomic mass is 16.5. The molecule has 0 spiro atoms. The summed E-state index contributed by atoms with van der Waals surface area (Å²) in [5, 5.41) is 21.1. The third-order valence-corrected chi connectivity index (χ3v) is 6.06. The molecule has 0 aromatic heterocycles. The predicted octanol–water partition coefficient (Wildman–Crippen LogP) is 5.65. The second-order valence-corrected chi connectivity index (χ2v) is 8.70. The van der Waals surface area contributed by atoms with E-state index in [-0.39, 0.29) is 11.9 Å². The molecule has 0 bridgehead atoms. The summed E-state index contributed by atoms with van der Waals surface area (Å²) < 4.78 is 12.0. The fourth-order valence-corrected chi connectivity index (χ4v) is 4.07. The van der Waals surface area contributed by atoms with Gasteiger partial charge >= 0.3 is 0 Å². The molecule has 1 N–H and O–H groups in total. The van der Waals surface area contributed by atoms with Crippen molar-refractivity contribution in [1.82, 2.24) is 5.32 Å². The largest absolute Gasteiger partial charge is 0.489 e. The molecule has 0 saturated heterocycles. The van der Waals surface area contributed by atoms with Crippen LogP contribution in [0.2, 0.25) is 0 Å². The second-order valence-electron chi connectivity index (χ2n) is 8.70. The van der Waals surface area contributed by atoms with Crippen LogP contribution < -0.4 is 14.8 Å². The molecule has 176 valence electrons. The molecule has 3 aromatic carbocycles. The van der Waals surface area contributed by atoms with Crippen LogP contribution in [0.4, 0.5) is 0 Å². The molecule has 0 radical (unpaired) electrons. The number of benzene rings is 3. The summed E-state index contributed by atoms with van der Waals surface area (Å²) in [6.45, 7) is 0.600. The maximum absolute atomic E-state index is 13.0. The maximum Gasteiger partial charge on any atom is 0.251 e. The van der Waals surface area contributed by atoms with Gasteiger partial charge in [0.1, 0.15) is 24.7 Å². The summed E-state index contributed by atoms with van der Waals surface area (Å²) in [5.74, 6) is 0.921. The number of hydrogen-bond donors (Lipinski definition) is 1. The standard InChI is InChI=1S/C29H27N3O3/c30-17-21-6-10-23(11-7-21)19-34-27-14-25(29(33)32-26-4-2-1-3-5-26)15-28(16-27)35-20-24-12-8-22(18-31)9-13-24/h6-16,26H,1-5,19-20H2,(H,32,33). The van der Waals surface area contributed by atoms with Crippen molar-refractivity contribution in [2.45, 2.75) is 51.4 Å². The summed E-state index contributed by atoms with van der Waals surface area (Å²) in [6, 6.07) is 24.0. The molecule has 6 heteroatoms. The van der Waals surface area contributed by atoms with Crippen LogP contribution in [0.5, 0.6) is 11.5 Å². The van der Waals surface area contributed by atoms with E-state index in [1.54, 1.807) is 42.5 Å². The van der Waals surface area contributed by atoms with Crippen LogP contribution >= 0.6 is 0 Å². The second kappa shape index (κ2) is 11.7. The molecule has 35 heavy (non-hydrogen) atoms. The van der Waals surface area contributed by atoms with E-state index < -0.39 is 0 Å². The molecular weight excluding hydrogens is 438 g/mol. The molecule has 0 unspecified atom stereocenters. The number of ether oxygens (including phenoxy) is 2. The third-order valence-electron chi connectivity index (χ3n) is 6.06. The monoisotopic (exact) mass is 465 g/mol. The smallest absolute Gasteiger partial charge is 0.251 e. The van der Waals surface area contributed by atoms with Crippen LogP contribution in [0.15, 0.2) is 66.7 Å². The van der Waals surface area contributed by atoms with Gasteiger partial charge in [0.2, 0.25) is 0 Å². The molecule has 0 aliphatic heterocycles. The Balaban J connectivity index is 1.49. The van der Waals surface area contributed by atoms with E-state index in [0.717, 1.165) is 36.8 Å². The van der Waals surface area contributed by atoms with Gasteiger partial charge in [0, 0.05) is 17.7 Å². The molecule has 1 aliphatic rings. The fraction of sp³-hybridized carbons (Fsp3) is 0.276. The average Bonchev–Trinajstić information content (AvgIpc) is 2.91. The zero-order valence-corrected chi connectivity index (χ0v) is 19.5. The first kappa shape index (κ1) is 23.9. The Morgan fingerprint density at radius 2 is 1.26 bits per heavy atom. The molecule has 3 aromatic rings. The summed E-state index contributed by atoms with van der Waals surface area (Å²) in [7, 11) is 0. The normalized spacial score (nSPS) is 13.3. The number of nitrogens with zero attached hydrogens (tertiary/aromatic N) is 2. The number of hydrogen-bond acceptors (Lipinski definition) is 5. The quantitative estimate of drug-likeness (QED) is 0.464. The van der Waals surface area contributed by atoms with E-state index >= 15 is 0 Å². The molecule has 0 heterocycles. The van der Waals surface area contributed by atoms with Gasteiger partial charge in [-0.15, -0.1) is 0 Å². The number of nitriles is 2. The van der Waals surface area contributed by atoms with E-state index in [4.69, 9.17) is 20.0 Å². The van der Waals surface area contributed by atoms with Gasteiger partial charge in [-0.2, -0.15) is 10.5 Å². The van der Waals surface area contributed by atoms with E-state index in [0.29, 0.717) is 41.4 Å². The first-order valence-electron chi connectivity index (χ1n) is 11.8. The van der Waals surface area contributed by atoms with Gasteiger partial charge < -0.3 is 14.8 Å². The number of rotatable bonds is 8. The number of carbonyl (C=O) groups is 1. The lowest BCUT2D eigenvalue weighted by atomic mass is 9.95. The minimum atomic E-state index is -0.135. The SMILES string of the molecule is N#Cc1ccc(COc2cc(OCc3ccc(C#N)cc3)cc(C(=O)NC3CCCCC3)c2)cc1. The summed E-state index contributed by atoms with van der Waals surface area (Å²) in [5.41, 5.74) is 3.51. The zero-order valence-electron chi connectivity index (χ0n) is 19.5. The minimum absolute atomic E-state index is 0.135. The average molecular weight is 466 g/mol. The van der Waals surface area contributed by atoms with Gasteiger partial charge in [0.25, 0.3) is 5.91 Å². The summed E-state index contributed by atoms with van der Waals surface area (Å²) in [6.07, 6.45) is 5.50. The van der Waals surface area contributed by atoms with Gasteiger partial charge in [-0.3, -0.25) is 4.79 Å². The lowest BCUT2D eigenvalue weighted by molar-refractivity contribution is 0.0926. The van der Waals surface area contributed by atoms with Crippen molar-refractivity contribution in [3.8, 4) is 23.6 Å². The summed E-state index contributed by atoms with van der Waals surface area (Å²) >= 11 is 0. The summed E-state index contributed by atoms with van der Waals surface area (Å²) in [4.78, 5) is 13.0. The molecule has 1 saturated carbocycles. The Morgan fingerprint density at radius 3 is 1.71 bits per heavy atom. The van der Waals surface area contributed by atoms with E-state index in [2.05, 4.69) is 17.5 Å². The number of carbonyl (C=O) groups excluding carboxylic acids is 1. The molecular formula is C29H27N3O3. The van der Waals surface area contributed by atoms with Gasteiger partial charge in [0.15, 0.2) is 0 Å². The number of nitrogens with one attached hydrogen (secondary N) is 1. The van der Waals surface area contributed by atoms with E-state index in [9.17, 15) is 4.79 Å². The van der Waals surface area contributed by atoms with Crippen molar-refractivity contribution in [1.29, 1.82) is 10.5 Å². The van der Waals surface area contributed by atoms with Crippen LogP contribution in [-0.2, 0) is 13.2 Å².